The van der Waals surface area contributed by atoms with Gasteiger partial charge >= 0.3 is 0 Å². The van der Waals surface area contributed by atoms with Gasteiger partial charge in [0.2, 0.25) is 0 Å². The molecular formula is C11H7FN2S. The van der Waals surface area contributed by atoms with E-state index in [1.54, 1.807) is 18.2 Å². The van der Waals surface area contributed by atoms with Crippen molar-refractivity contribution in [2.24, 2.45) is 0 Å². The number of rotatable bonds is 1. The third-order valence-electron chi connectivity index (χ3n) is 1.97. The van der Waals surface area contributed by atoms with E-state index >= 15 is 0 Å². The molecule has 2 aromatic rings. The zero-order chi connectivity index (χ0) is 10.8. The Bertz CT molecular complexity index is 540. The predicted molar refractivity (Wildman–Crippen MR) is 58.8 cm³/mol. The van der Waals surface area contributed by atoms with E-state index in [0.717, 1.165) is 4.88 Å². The third kappa shape index (κ3) is 1.83. The van der Waals surface area contributed by atoms with E-state index in [1.165, 1.54) is 23.5 Å². The number of anilines is 1. The lowest BCUT2D eigenvalue weighted by Crippen LogP contribution is -1.87. The highest BCUT2D eigenvalue weighted by atomic mass is 32.1. The molecule has 0 spiro atoms. The van der Waals surface area contributed by atoms with Crippen LogP contribution in [0.1, 0.15) is 4.88 Å². The van der Waals surface area contributed by atoms with Crippen molar-refractivity contribution in [2.75, 3.05) is 5.73 Å². The number of halogens is 1. The zero-order valence-corrected chi connectivity index (χ0v) is 8.51. The number of nitrogens with zero attached hydrogens (tertiary/aromatic N) is 1. The summed E-state index contributed by atoms with van der Waals surface area (Å²) in [6, 6.07) is 9.82. The number of nitrogens with two attached hydrogens (primary N) is 1. The Morgan fingerprint density at radius 3 is 2.73 bits per heavy atom. The maximum absolute atomic E-state index is 13.4. The molecule has 0 radical (unpaired) electrons. The fourth-order valence-electron chi connectivity index (χ4n) is 1.27. The molecule has 74 valence electrons. The van der Waals surface area contributed by atoms with Crippen LogP contribution in [0.5, 0.6) is 0 Å². The lowest BCUT2D eigenvalue weighted by Gasteiger charge is -2.00. The molecule has 0 aliphatic rings. The molecule has 0 amide bonds. The van der Waals surface area contributed by atoms with Gasteiger partial charge in [0, 0.05) is 16.1 Å². The van der Waals surface area contributed by atoms with Crippen molar-refractivity contribution < 1.29 is 4.39 Å². The van der Waals surface area contributed by atoms with Crippen LogP contribution >= 0.6 is 11.3 Å². The summed E-state index contributed by atoms with van der Waals surface area (Å²) < 4.78 is 13.4. The van der Waals surface area contributed by atoms with Gasteiger partial charge in [0.25, 0.3) is 0 Å². The number of nitrogen functional groups attached to an aromatic ring is 1. The molecule has 4 heteroatoms. The highest BCUT2D eigenvalue weighted by Crippen LogP contribution is 2.30. The average Bonchev–Trinajstić information content (AvgIpc) is 2.70. The lowest BCUT2D eigenvalue weighted by atomic mass is 10.1. The SMILES string of the molecule is N#Cc1ccc(-c2cc(N)ccc2F)s1. The van der Waals surface area contributed by atoms with E-state index in [-0.39, 0.29) is 5.82 Å². The molecule has 1 aromatic heterocycles. The summed E-state index contributed by atoms with van der Waals surface area (Å²) in [6.45, 7) is 0. The van der Waals surface area contributed by atoms with Gasteiger partial charge in [0.05, 0.1) is 0 Å². The van der Waals surface area contributed by atoms with E-state index in [1.807, 2.05) is 6.07 Å². The molecular weight excluding hydrogens is 211 g/mol. The third-order valence-corrected chi connectivity index (χ3v) is 3.00. The van der Waals surface area contributed by atoms with Gasteiger partial charge in [-0.1, -0.05) is 0 Å². The first kappa shape index (κ1) is 9.69. The van der Waals surface area contributed by atoms with Crippen molar-refractivity contribution in [3.8, 4) is 16.5 Å². The minimum atomic E-state index is -0.324. The van der Waals surface area contributed by atoms with Crippen LogP contribution in [0.15, 0.2) is 30.3 Å². The first-order valence-corrected chi connectivity index (χ1v) is 5.07. The number of thiophene rings is 1. The van der Waals surface area contributed by atoms with Crippen LogP contribution < -0.4 is 5.73 Å². The van der Waals surface area contributed by atoms with Gasteiger partial charge in [-0.3, -0.25) is 0 Å². The van der Waals surface area contributed by atoms with E-state index in [0.29, 0.717) is 16.1 Å². The summed E-state index contributed by atoms with van der Waals surface area (Å²) in [6.07, 6.45) is 0. The van der Waals surface area contributed by atoms with Crippen molar-refractivity contribution in [1.82, 2.24) is 0 Å². The summed E-state index contributed by atoms with van der Waals surface area (Å²) in [7, 11) is 0. The number of hydrogen-bond donors (Lipinski definition) is 1. The zero-order valence-electron chi connectivity index (χ0n) is 7.70. The first-order valence-electron chi connectivity index (χ1n) is 4.26. The number of benzene rings is 1. The van der Waals surface area contributed by atoms with E-state index in [2.05, 4.69) is 0 Å². The van der Waals surface area contributed by atoms with Crippen LogP contribution in [0.25, 0.3) is 10.4 Å². The Balaban J connectivity index is 2.54. The van der Waals surface area contributed by atoms with Gasteiger partial charge in [-0.25, -0.2) is 4.39 Å². The second-order valence-corrected chi connectivity index (χ2v) is 4.10. The molecule has 0 unspecified atom stereocenters. The Hall–Kier alpha value is -1.86. The van der Waals surface area contributed by atoms with Crippen molar-refractivity contribution in [2.45, 2.75) is 0 Å². The molecule has 2 rings (SSSR count). The van der Waals surface area contributed by atoms with Gasteiger partial charge in [0.1, 0.15) is 16.8 Å². The maximum Gasteiger partial charge on any atom is 0.131 e. The Kier molecular flexibility index (Phi) is 2.40. The lowest BCUT2D eigenvalue weighted by molar-refractivity contribution is 0.632. The Morgan fingerprint density at radius 1 is 1.27 bits per heavy atom. The van der Waals surface area contributed by atoms with Crippen molar-refractivity contribution in [3.63, 3.8) is 0 Å². The topological polar surface area (TPSA) is 49.8 Å². The minimum absolute atomic E-state index is 0.324. The van der Waals surface area contributed by atoms with Gasteiger partial charge in [-0.05, 0) is 30.3 Å². The molecule has 15 heavy (non-hydrogen) atoms. The average molecular weight is 218 g/mol. The molecule has 1 aromatic carbocycles. The standard InChI is InChI=1S/C11H7FN2S/c12-10-3-1-7(14)5-9(10)11-4-2-8(6-13)15-11/h1-5H,14H2. The van der Waals surface area contributed by atoms with Crippen LogP contribution in [0.3, 0.4) is 0 Å². The molecule has 0 bridgehead atoms. The fourth-order valence-corrected chi connectivity index (χ4v) is 2.10. The summed E-state index contributed by atoms with van der Waals surface area (Å²) in [5, 5.41) is 8.66. The molecule has 0 saturated heterocycles. The maximum atomic E-state index is 13.4. The second-order valence-electron chi connectivity index (χ2n) is 3.01. The van der Waals surface area contributed by atoms with E-state index < -0.39 is 0 Å². The van der Waals surface area contributed by atoms with Crippen LogP contribution in [0.2, 0.25) is 0 Å². The molecule has 1 heterocycles. The summed E-state index contributed by atoms with van der Waals surface area (Å²) >= 11 is 1.25. The summed E-state index contributed by atoms with van der Waals surface area (Å²) in [4.78, 5) is 1.28. The smallest absolute Gasteiger partial charge is 0.131 e. The highest BCUT2D eigenvalue weighted by Gasteiger charge is 2.08. The van der Waals surface area contributed by atoms with Crippen molar-refractivity contribution >= 4 is 17.0 Å². The van der Waals surface area contributed by atoms with E-state index in [4.69, 9.17) is 11.0 Å². The molecule has 2 N–H and O–H groups in total. The molecule has 2 nitrogen and oxygen atoms in total. The normalized spacial score (nSPS) is 9.87. The van der Waals surface area contributed by atoms with Crippen LogP contribution in [0.4, 0.5) is 10.1 Å². The van der Waals surface area contributed by atoms with Crippen LogP contribution in [-0.4, -0.2) is 0 Å². The van der Waals surface area contributed by atoms with Gasteiger partial charge in [-0.2, -0.15) is 5.26 Å². The minimum Gasteiger partial charge on any atom is -0.399 e. The fraction of sp³-hybridized carbons (Fsp3) is 0. The quantitative estimate of drug-likeness (QED) is 0.748. The summed E-state index contributed by atoms with van der Waals surface area (Å²) in [5.41, 5.74) is 6.54. The molecule has 0 fully saturated rings. The number of nitriles is 1. The van der Waals surface area contributed by atoms with Gasteiger partial charge < -0.3 is 5.73 Å². The molecule has 0 aliphatic carbocycles. The molecule has 0 atom stereocenters. The number of hydrogen-bond acceptors (Lipinski definition) is 3. The highest BCUT2D eigenvalue weighted by molar-refractivity contribution is 7.16. The molecule has 0 saturated carbocycles. The van der Waals surface area contributed by atoms with Gasteiger partial charge in [-0.15, -0.1) is 11.3 Å². The summed E-state index contributed by atoms with van der Waals surface area (Å²) in [5.74, 6) is -0.324. The van der Waals surface area contributed by atoms with E-state index in [9.17, 15) is 4.39 Å². The van der Waals surface area contributed by atoms with Crippen LogP contribution in [0, 0.1) is 17.1 Å². The Morgan fingerprint density at radius 2 is 2.07 bits per heavy atom. The first-order chi connectivity index (χ1) is 7.20. The van der Waals surface area contributed by atoms with Gasteiger partial charge in [0.15, 0.2) is 0 Å². The van der Waals surface area contributed by atoms with Crippen molar-refractivity contribution in [1.29, 1.82) is 5.26 Å². The monoisotopic (exact) mass is 218 g/mol. The molecule has 0 aliphatic heterocycles. The Labute approximate surface area is 90.4 Å². The predicted octanol–water partition coefficient (Wildman–Crippen LogP) is 3.01. The van der Waals surface area contributed by atoms with Crippen molar-refractivity contribution in [3.05, 3.63) is 41.0 Å². The second kappa shape index (κ2) is 3.71. The van der Waals surface area contributed by atoms with Crippen LogP contribution in [-0.2, 0) is 0 Å². The largest absolute Gasteiger partial charge is 0.399 e.